The van der Waals surface area contributed by atoms with E-state index < -0.39 is 28.1 Å². The van der Waals surface area contributed by atoms with Gasteiger partial charge in [-0.2, -0.15) is 0 Å². The molecule has 1 atom stereocenters. The molecule has 1 fully saturated rings. The standard InChI is InChI=1S/C27H33N5O5S/c1-3-16-32-22-15-8-7-14-21(22)23(18-10-5-4-6-11-18)29-24(26(32)34)30-27(35)28-20-13-9-12-19(17-20)25(33)31-38(2,36)37/h7-9,12-15,17-18,24H,3-6,10-11,16H2,1-2H3,(H,31,33)(H2,28,30,35)/t24-/m0/s1. The van der Waals surface area contributed by atoms with Gasteiger partial charge in [0.15, 0.2) is 0 Å². The third kappa shape index (κ3) is 6.58. The topological polar surface area (TPSA) is 137 Å². The minimum Gasteiger partial charge on any atom is -0.308 e. The largest absolute Gasteiger partial charge is 0.321 e. The van der Waals surface area contributed by atoms with E-state index in [2.05, 4.69) is 10.6 Å². The number of carbonyl (C=O) groups is 3. The summed E-state index contributed by atoms with van der Waals surface area (Å²) in [6.45, 7) is 2.48. The van der Waals surface area contributed by atoms with Gasteiger partial charge in [-0.05, 0) is 43.5 Å². The Labute approximate surface area is 223 Å². The third-order valence-corrected chi connectivity index (χ3v) is 7.16. The van der Waals surface area contributed by atoms with Gasteiger partial charge >= 0.3 is 6.03 Å². The maximum absolute atomic E-state index is 13.7. The summed E-state index contributed by atoms with van der Waals surface area (Å²) in [6.07, 6.45) is 5.83. The molecule has 11 heteroatoms. The van der Waals surface area contributed by atoms with E-state index >= 15 is 0 Å². The number of carbonyl (C=O) groups excluding carboxylic acids is 3. The zero-order valence-electron chi connectivity index (χ0n) is 21.6. The van der Waals surface area contributed by atoms with E-state index in [0.717, 1.165) is 55.3 Å². The molecule has 4 amide bonds. The Balaban J connectivity index is 1.59. The van der Waals surface area contributed by atoms with Crippen LogP contribution in [0.15, 0.2) is 53.5 Å². The maximum atomic E-state index is 13.7. The number of nitrogens with one attached hydrogen (secondary N) is 3. The average molecular weight is 540 g/mol. The van der Waals surface area contributed by atoms with Gasteiger partial charge in [-0.15, -0.1) is 0 Å². The highest BCUT2D eigenvalue weighted by Gasteiger charge is 2.34. The van der Waals surface area contributed by atoms with Gasteiger partial charge in [0.1, 0.15) is 0 Å². The summed E-state index contributed by atoms with van der Waals surface area (Å²) in [7, 11) is -3.74. The van der Waals surface area contributed by atoms with Crippen molar-refractivity contribution in [2.45, 2.75) is 51.6 Å². The number of fused-ring (bicyclic) bond motifs is 1. The number of benzene rings is 2. The molecule has 1 heterocycles. The van der Waals surface area contributed by atoms with Gasteiger partial charge in [0.25, 0.3) is 11.8 Å². The lowest BCUT2D eigenvalue weighted by atomic mass is 9.83. The fraction of sp³-hybridized carbons (Fsp3) is 0.407. The highest BCUT2D eigenvalue weighted by Crippen LogP contribution is 2.34. The Morgan fingerprint density at radius 2 is 1.79 bits per heavy atom. The van der Waals surface area contributed by atoms with Crippen molar-refractivity contribution in [2.24, 2.45) is 10.9 Å². The van der Waals surface area contributed by atoms with Crippen LogP contribution in [0.3, 0.4) is 0 Å². The van der Waals surface area contributed by atoms with E-state index in [1.165, 1.54) is 24.6 Å². The van der Waals surface area contributed by atoms with Crippen molar-refractivity contribution in [3.05, 3.63) is 59.7 Å². The summed E-state index contributed by atoms with van der Waals surface area (Å²) in [4.78, 5) is 45.4. The number of rotatable bonds is 7. The Morgan fingerprint density at radius 1 is 1.05 bits per heavy atom. The minimum absolute atomic E-state index is 0.0564. The number of anilines is 2. The van der Waals surface area contributed by atoms with Crippen molar-refractivity contribution in [1.82, 2.24) is 10.0 Å². The summed E-state index contributed by atoms with van der Waals surface area (Å²) in [5, 5.41) is 5.34. The van der Waals surface area contributed by atoms with Gasteiger partial charge in [-0.3, -0.25) is 14.6 Å². The summed E-state index contributed by atoms with van der Waals surface area (Å²) in [5.41, 5.74) is 2.89. The second kappa shape index (κ2) is 11.8. The number of hydrogen-bond donors (Lipinski definition) is 3. The van der Waals surface area contributed by atoms with E-state index in [9.17, 15) is 22.8 Å². The molecule has 0 spiro atoms. The predicted molar refractivity (Wildman–Crippen MR) is 147 cm³/mol. The summed E-state index contributed by atoms with van der Waals surface area (Å²) in [6, 6.07) is 13.0. The van der Waals surface area contributed by atoms with Crippen LogP contribution in [0.5, 0.6) is 0 Å². The zero-order chi connectivity index (χ0) is 27.3. The number of para-hydroxylation sites is 1. The lowest BCUT2D eigenvalue weighted by Crippen LogP contribution is -2.49. The molecule has 2 aliphatic rings. The Kier molecular flexibility index (Phi) is 8.45. The number of hydrogen-bond acceptors (Lipinski definition) is 6. The number of amides is 4. The second-order valence-corrected chi connectivity index (χ2v) is 11.4. The number of urea groups is 1. The van der Waals surface area contributed by atoms with E-state index in [0.29, 0.717) is 6.54 Å². The second-order valence-electron chi connectivity index (χ2n) is 9.64. The molecule has 0 aromatic heterocycles. The molecule has 38 heavy (non-hydrogen) atoms. The highest BCUT2D eigenvalue weighted by molar-refractivity contribution is 7.89. The van der Waals surface area contributed by atoms with Crippen LogP contribution in [-0.4, -0.2) is 50.9 Å². The Hall–Kier alpha value is -3.73. The molecule has 202 valence electrons. The van der Waals surface area contributed by atoms with Crippen molar-refractivity contribution < 1.29 is 22.8 Å². The minimum atomic E-state index is -3.74. The maximum Gasteiger partial charge on any atom is 0.321 e. The normalized spacial score (nSPS) is 18.2. The fourth-order valence-corrected chi connectivity index (χ4v) is 5.42. The van der Waals surface area contributed by atoms with Gasteiger partial charge < -0.3 is 15.5 Å². The fourth-order valence-electron chi connectivity index (χ4n) is 4.96. The first-order valence-electron chi connectivity index (χ1n) is 12.8. The van der Waals surface area contributed by atoms with Crippen LogP contribution < -0.4 is 20.3 Å². The Morgan fingerprint density at radius 3 is 2.50 bits per heavy atom. The predicted octanol–water partition coefficient (Wildman–Crippen LogP) is 3.65. The first-order chi connectivity index (χ1) is 18.2. The van der Waals surface area contributed by atoms with Crippen molar-refractivity contribution in [3.8, 4) is 0 Å². The van der Waals surface area contributed by atoms with Crippen LogP contribution in [0.1, 0.15) is 61.4 Å². The van der Waals surface area contributed by atoms with Crippen molar-refractivity contribution in [3.63, 3.8) is 0 Å². The molecule has 0 saturated heterocycles. The molecule has 2 aromatic carbocycles. The molecule has 10 nitrogen and oxygen atoms in total. The lowest BCUT2D eigenvalue weighted by Gasteiger charge is -2.26. The van der Waals surface area contributed by atoms with E-state index in [4.69, 9.17) is 4.99 Å². The van der Waals surface area contributed by atoms with Gasteiger partial charge in [0.2, 0.25) is 16.2 Å². The van der Waals surface area contributed by atoms with Crippen LogP contribution in [0.2, 0.25) is 0 Å². The van der Waals surface area contributed by atoms with Crippen molar-refractivity contribution in [2.75, 3.05) is 23.0 Å². The van der Waals surface area contributed by atoms with Gasteiger partial charge in [-0.25, -0.2) is 17.9 Å². The SMILES string of the molecule is CCCN1C(=O)[C@H](NC(=O)Nc2cccc(C(=O)NS(C)(=O)=O)c2)N=C(C2CCCCC2)c2ccccc21. The number of aliphatic imine (C=N–C) groups is 1. The molecule has 0 unspecified atom stereocenters. The third-order valence-electron chi connectivity index (χ3n) is 6.61. The molecular formula is C27H33N5O5S. The van der Waals surface area contributed by atoms with Crippen LogP contribution in [0.4, 0.5) is 16.2 Å². The molecule has 3 N–H and O–H groups in total. The molecular weight excluding hydrogens is 506 g/mol. The molecule has 1 aliphatic carbocycles. The number of benzodiazepines with no additional fused rings is 1. The quantitative estimate of drug-likeness (QED) is 0.493. The molecule has 0 radical (unpaired) electrons. The molecule has 4 rings (SSSR count). The molecule has 1 saturated carbocycles. The smallest absolute Gasteiger partial charge is 0.308 e. The lowest BCUT2D eigenvalue weighted by molar-refractivity contribution is -0.120. The highest BCUT2D eigenvalue weighted by atomic mass is 32.2. The number of sulfonamides is 1. The summed E-state index contributed by atoms with van der Waals surface area (Å²) in [5.74, 6) is -0.927. The average Bonchev–Trinajstić information content (AvgIpc) is 2.99. The van der Waals surface area contributed by atoms with Crippen molar-refractivity contribution in [1.29, 1.82) is 0 Å². The first kappa shape index (κ1) is 27.3. The first-order valence-corrected chi connectivity index (χ1v) is 14.7. The molecule has 2 aromatic rings. The zero-order valence-corrected chi connectivity index (χ0v) is 22.4. The van der Waals surface area contributed by atoms with Crippen molar-refractivity contribution >= 4 is 45.0 Å². The number of nitrogens with zero attached hydrogens (tertiary/aromatic N) is 2. The van der Waals surface area contributed by atoms with Gasteiger partial charge in [0, 0.05) is 29.3 Å². The Bertz CT molecular complexity index is 1350. The van der Waals surface area contributed by atoms with E-state index in [-0.39, 0.29) is 23.1 Å². The van der Waals surface area contributed by atoms with E-state index in [1.54, 1.807) is 11.0 Å². The van der Waals surface area contributed by atoms with Gasteiger partial charge in [0.05, 0.1) is 17.7 Å². The molecule has 1 aliphatic heterocycles. The summed E-state index contributed by atoms with van der Waals surface area (Å²) < 4.78 is 24.7. The molecule has 0 bridgehead atoms. The van der Waals surface area contributed by atoms with E-state index in [1.807, 2.05) is 35.9 Å². The monoisotopic (exact) mass is 539 g/mol. The van der Waals surface area contributed by atoms with Crippen LogP contribution in [-0.2, 0) is 14.8 Å². The summed E-state index contributed by atoms with van der Waals surface area (Å²) >= 11 is 0. The van der Waals surface area contributed by atoms with Crippen LogP contribution >= 0.6 is 0 Å². The van der Waals surface area contributed by atoms with Crippen LogP contribution in [0.25, 0.3) is 0 Å². The van der Waals surface area contributed by atoms with Crippen LogP contribution in [0, 0.1) is 5.92 Å². The van der Waals surface area contributed by atoms with Gasteiger partial charge in [-0.1, -0.05) is 50.5 Å².